The SMILES string of the molecule is Cc1ccc(Br)c(C(=O)C2CCCOC2)c1. The lowest BCUT2D eigenvalue weighted by atomic mass is 9.92. The van der Waals surface area contributed by atoms with Gasteiger partial charge in [0.15, 0.2) is 5.78 Å². The van der Waals surface area contributed by atoms with Crippen LogP contribution in [-0.4, -0.2) is 19.0 Å². The van der Waals surface area contributed by atoms with Crippen LogP contribution >= 0.6 is 15.9 Å². The minimum atomic E-state index is 0.0341. The highest BCUT2D eigenvalue weighted by Crippen LogP contribution is 2.25. The van der Waals surface area contributed by atoms with Gasteiger partial charge in [-0.15, -0.1) is 0 Å². The lowest BCUT2D eigenvalue weighted by Crippen LogP contribution is -2.25. The van der Waals surface area contributed by atoms with E-state index in [9.17, 15) is 4.79 Å². The minimum absolute atomic E-state index is 0.0341. The van der Waals surface area contributed by atoms with Crippen molar-refractivity contribution in [2.24, 2.45) is 5.92 Å². The van der Waals surface area contributed by atoms with E-state index in [1.807, 2.05) is 25.1 Å². The molecule has 0 saturated carbocycles. The molecule has 0 aromatic heterocycles. The van der Waals surface area contributed by atoms with Crippen LogP contribution < -0.4 is 0 Å². The maximum Gasteiger partial charge on any atom is 0.169 e. The Labute approximate surface area is 104 Å². The van der Waals surface area contributed by atoms with E-state index in [-0.39, 0.29) is 11.7 Å². The third kappa shape index (κ3) is 2.53. The average Bonchev–Trinajstić information content (AvgIpc) is 2.32. The maximum absolute atomic E-state index is 12.3. The highest BCUT2D eigenvalue weighted by atomic mass is 79.9. The number of Topliss-reactive ketones (excluding diaryl/α,β-unsaturated/α-hetero) is 1. The molecule has 1 unspecified atom stereocenters. The quantitative estimate of drug-likeness (QED) is 0.778. The molecule has 1 aliphatic rings. The van der Waals surface area contributed by atoms with Crippen LogP contribution in [0.3, 0.4) is 0 Å². The van der Waals surface area contributed by atoms with Crippen molar-refractivity contribution >= 4 is 21.7 Å². The maximum atomic E-state index is 12.3. The molecule has 0 N–H and O–H groups in total. The number of carbonyl (C=O) groups is 1. The Morgan fingerprint density at radius 3 is 3.00 bits per heavy atom. The third-order valence-electron chi connectivity index (χ3n) is 2.92. The highest BCUT2D eigenvalue weighted by Gasteiger charge is 2.24. The number of ketones is 1. The molecule has 0 aliphatic carbocycles. The van der Waals surface area contributed by atoms with E-state index in [1.54, 1.807) is 0 Å². The van der Waals surface area contributed by atoms with Crippen LogP contribution in [0.2, 0.25) is 0 Å². The lowest BCUT2D eigenvalue weighted by Gasteiger charge is -2.21. The first-order chi connectivity index (χ1) is 7.68. The van der Waals surface area contributed by atoms with Gasteiger partial charge in [0.05, 0.1) is 6.61 Å². The number of hydrogen-bond acceptors (Lipinski definition) is 2. The zero-order valence-corrected chi connectivity index (χ0v) is 10.9. The van der Waals surface area contributed by atoms with Crippen LogP contribution in [0.4, 0.5) is 0 Å². The Morgan fingerprint density at radius 1 is 1.50 bits per heavy atom. The Balaban J connectivity index is 2.22. The molecule has 0 radical (unpaired) electrons. The van der Waals surface area contributed by atoms with Gasteiger partial charge in [0, 0.05) is 22.6 Å². The van der Waals surface area contributed by atoms with Gasteiger partial charge in [0.1, 0.15) is 0 Å². The molecule has 1 aromatic carbocycles. The van der Waals surface area contributed by atoms with Crippen molar-refractivity contribution in [2.45, 2.75) is 19.8 Å². The first-order valence-electron chi connectivity index (χ1n) is 5.56. The lowest BCUT2D eigenvalue weighted by molar-refractivity contribution is 0.0461. The Bertz CT molecular complexity index is 395. The summed E-state index contributed by atoms with van der Waals surface area (Å²) in [4.78, 5) is 12.3. The molecular weight excluding hydrogens is 268 g/mol. The molecule has 1 saturated heterocycles. The number of halogens is 1. The van der Waals surface area contributed by atoms with E-state index >= 15 is 0 Å². The Kier molecular flexibility index (Phi) is 3.77. The first kappa shape index (κ1) is 11.8. The molecular formula is C13H15BrO2. The van der Waals surface area contributed by atoms with Crippen molar-refractivity contribution in [1.82, 2.24) is 0 Å². The van der Waals surface area contributed by atoms with Crippen LogP contribution in [0.25, 0.3) is 0 Å². The van der Waals surface area contributed by atoms with Crippen molar-refractivity contribution < 1.29 is 9.53 Å². The standard InChI is InChI=1S/C13H15BrO2/c1-9-4-5-12(14)11(7-9)13(15)10-3-2-6-16-8-10/h4-5,7,10H,2-3,6,8H2,1H3. The molecule has 1 atom stereocenters. The van der Waals surface area contributed by atoms with E-state index in [1.165, 1.54) is 0 Å². The van der Waals surface area contributed by atoms with E-state index in [2.05, 4.69) is 15.9 Å². The normalized spacial score (nSPS) is 20.8. The molecule has 1 aromatic rings. The van der Waals surface area contributed by atoms with Crippen molar-refractivity contribution in [3.8, 4) is 0 Å². The van der Waals surface area contributed by atoms with Gasteiger partial charge < -0.3 is 4.74 Å². The largest absolute Gasteiger partial charge is 0.381 e. The van der Waals surface area contributed by atoms with Gasteiger partial charge in [0.25, 0.3) is 0 Å². The fourth-order valence-corrected chi connectivity index (χ4v) is 2.44. The van der Waals surface area contributed by atoms with Crippen molar-refractivity contribution in [1.29, 1.82) is 0 Å². The molecule has 1 heterocycles. The van der Waals surface area contributed by atoms with Crippen molar-refractivity contribution in [2.75, 3.05) is 13.2 Å². The van der Waals surface area contributed by atoms with E-state index in [0.29, 0.717) is 6.61 Å². The van der Waals surface area contributed by atoms with Gasteiger partial charge in [-0.2, -0.15) is 0 Å². The fourth-order valence-electron chi connectivity index (χ4n) is 2.00. The number of hydrogen-bond donors (Lipinski definition) is 0. The second kappa shape index (κ2) is 5.11. The van der Waals surface area contributed by atoms with Crippen LogP contribution in [0.15, 0.2) is 22.7 Å². The number of rotatable bonds is 2. The number of benzene rings is 1. The zero-order valence-electron chi connectivity index (χ0n) is 9.33. The predicted octanol–water partition coefficient (Wildman–Crippen LogP) is 3.37. The third-order valence-corrected chi connectivity index (χ3v) is 3.61. The molecule has 0 spiro atoms. The Hall–Kier alpha value is -0.670. The fraction of sp³-hybridized carbons (Fsp3) is 0.462. The molecule has 3 heteroatoms. The van der Waals surface area contributed by atoms with Gasteiger partial charge >= 0.3 is 0 Å². The monoisotopic (exact) mass is 282 g/mol. The summed E-state index contributed by atoms with van der Waals surface area (Å²) < 4.78 is 6.24. The topological polar surface area (TPSA) is 26.3 Å². The van der Waals surface area contributed by atoms with Crippen LogP contribution in [-0.2, 0) is 4.74 Å². The summed E-state index contributed by atoms with van der Waals surface area (Å²) in [5, 5.41) is 0. The number of ether oxygens (including phenoxy) is 1. The van der Waals surface area contributed by atoms with Gasteiger partial charge in [-0.3, -0.25) is 4.79 Å². The molecule has 0 amide bonds. The average molecular weight is 283 g/mol. The summed E-state index contributed by atoms with van der Waals surface area (Å²) in [6, 6.07) is 5.88. The predicted molar refractivity (Wildman–Crippen MR) is 66.8 cm³/mol. The molecule has 2 nitrogen and oxygen atoms in total. The van der Waals surface area contributed by atoms with Gasteiger partial charge in [-0.1, -0.05) is 27.6 Å². The van der Waals surface area contributed by atoms with Gasteiger partial charge in [-0.05, 0) is 31.9 Å². The van der Waals surface area contributed by atoms with Crippen molar-refractivity contribution in [3.05, 3.63) is 33.8 Å². The zero-order chi connectivity index (χ0) is 11.5. The smallest absolute Gasteiger partial charge is 0.169 e. The van der Waals surface area contributed by atoms with Crippen LogP contribution in [0.5, 0.6) is 0 Å². The van der Waals surface area contributed by atoms with E-state index in [4.69, 9.17) is 4.74 Å². The molecule has 16 heavy (non-hydrogen) atoms. The molecule has 0 bridgehead atoms. The van der Waals surface area contributed by atoms with Crippen LogP contribution in [0, 0.1) is 12.8 Å². The molecule has 86 valence electrons. The summed E-state index contributed by atoms with van der Waals surface area (Å²) in [7, 11) is 0. The highest BCUT2D eigenvalue weighted by molar-refractivity contribution is 9.10. The van der Waals surface area contributed by atoms with Gasteiger partial charge in [0.2, 0.25) is 0 Å². The summed E-state index contributed by atoms with van der Waals surface area (Å²) in [6.07, 6.45) is 1.93. The van der Waals surface area contributed by atoms with Crippen molar-refractivity contribution in [3.63, 3.8) is 0 Å². The van der Waals surface area contributed by atoms with Crippen LogP contribution in [0.1, 0.15) is 28.8 Å². The summed E-state index contributed by atoms with van der Waals surface area (Å²) in [5.74, 6) is 0.238. The second-order valence-electron chi connectivity index (χ2n) is 4.26. The minimum Gasteiger partial charge on any atom is -0.381 e. The summed E-state index contributed by atoms with van der Waals surface area (Å²) >= 11 is 3.44. The van der Waals surface area contributed by atoms with Gasteiger partial charge in [-0.25, -0.2) is 0 Å². The van der Waals surface area contributed by atoms with E-state index in [0.717, 1.165) is 35.0 Å². The number of carbonyl (C=O) groups excluding carboxylic acids is 1. The number of aryl methyl sites for hydroxylation is 1. The molecule has 1 fully saturated rings. The summed E-state index contributed by atoms with van der Waals surface area (Å²) in [6.45, 7) is 3.36. The first-order valence-corrected chi connectivity index (χ1v) is 6.36. The van der Waals surface area contributed by atoms with E-state index < -0.39 is 0 Å². The molecule has 2 rings (SSSR count). The Morgan fingerprint density at radius 2 is 2.31 bits per heavy atom. The second-order valence-corrected chi connectivity index (χ2v) is 5.12. The molecule has 1 aliphatic heterocycles. The summed E-state index contributed by atoms with van der Waals surface area (Å²) in [5.41, 5.74) is 1.90.